The van der Waals surface area contributed by atoms with Crippen LogP contribution in [0.15, 0.2) is 41.1 Å². The maximum atomic E-state index is 12.1. The van der Waals surface area contributed by atoms with E-state index < -0.39 is 0 Å². The minimum Gasteiger partial charge on any atom is -0.480 e. The summed E-state index contributed by atoms with van der Waals surface area (Å²) < 4.78 is 5.86. The quantitative estimate of drug-likeness (QED) is 0.838. The number of nitrogens with zero attached hydrogens (tertiary/aromatic N) is 3. The molecule has 8 heteroatoms. The lowest BCUT2D eigenvalue weighted by molar-refractivity contribution is -0.123. The molecule has 0 saturated heterocycles. The first-order valence-corrected chi connectivity index (χ1v) is 7.23. The van der Waals surface area contributed by atoms with Gasteiger partial charge in [0.25, 0.3) is 5.91 Å². The van der Waals surface area contributed by atoms with Gasteiger partial charge in [0, 0.05) is 6.20 Å². The molecule has 1 aliphatic heterocycles. The van der Waals surface area contributed by atoms with Crippen molar-refractivity contribution in [3.05, 3.63) is 41.1 Å². The molecule has 0 unspecified atom stereocenters. The first-order valence-electron chi connectivity index (χ1n) is 6.44. The van der Waals surface area contributed by atoms with Gasteiger partial charge in [-0.25, -0.2) is 9.97 Å². The fraction of sp³-hybridized carbons (Fsp3) is 0.143. The number of hydrogen-bond acceptors (Lipinski definition) is 5. The number of carbonyl (C=O) groups is 2. The fourth-order valence-corrected chi connectivity index (χ4v) is 2.28. The Morgan fingerprint density at radius 1 is 1.36 bits per heavy atom. The Bertz CT molecular complexity index is 723. The maximum absolute atomic E-state index is 12.1. The summed E-state index contributed by atoms with van der Waals surface area (Å²) >= 11 is 3.24. The number of pyridine rings is 2. The van der Waals surface area contributed by atoms with Crippen LogP contribution in [-0.2, 0) is 9.59 Å². The lowest BCUT2D eigenvalue weighted by atomic mass is 10.3. The molecule has 0 radical (unpaired) electrons. The molecule has 1 aliphatic rings. The smallest absolute Gasteiger partial charge is 0.266 e. The van der Waals surface area contributed by atoms with Crippen LogP contribution in [0.1, 0.15) is 0 Å². The molecular weight excluding hydrogens is 352 g/mol. The standard InChI is InChI=1S/C14H11BrN4O3/c15-10-5-4-9-14(17-10)19(13(21)8-22-9)7-12(20)18-11-3-1-2-6-16-11/h1-6H,7-8H2,(H,16,18,20). The summed E-state index contributed by atoms with van der Waals surface area (Å²) in [6, 6.07) is 8.58. The van der Waals surface area contributed by atoms with Gasteiger partial charge in [0.1, 0.15) is 17.0 Å². The van der Waals surface area contributed by atoms with Crippen molar-refractivity contribution in [2.45, 2.75) is 0 Å². The van der Waals surface area contributed by atoms with Crippen molar-refractivity contribution >= 4 is 39.4 Å². The first kappa shape index (κ1) is 14.5. The van der Waals surface area contributed by atoms with Gasteiger partial charge in [-0.3, -0.25) is 14.5 Å². The normalized spacial score (nSPS) is 13.3. The number of hydrogen-bond donors (Lipinski definition) is 1. The van der Waals surface area contributed by atoms with Crippen LogP contribution < -0.4 is 15.0 Å². The van der Waals surface area contributed by atoms with E-state index in [0.29, 0.717) is 22.0 Å². The minimum absolute atomic E-state index is 0.118. The lowest BCUT2D eigenvalue weighted by Gasteiger charge is -2.27. The minimum atomic E-state index is -0.360. The molecule has 3 rings (SSSR count). The van der Waals surface area contributed by atoms with Gasteiger partial charge >= 0.3 is 0 Å². The van der Waals surface area contributed by atoms with Crippen LogP contribution in [0.5, 0.6) is 5.75 Å². The number of aromatic nitrogens is 2. The van der Waals surface area contributed by atoms with Crippen LogP contribution in [0, 0.1) is 0 Å². The van der Waals surface area contributed by atoms with Crippen molar-refractivity contribution in [3.63, 3.8) is 0 Å². The van der Waals surface area contributed by atoms with Crippen LogP contribution in [0.25, 0.3) is 0 Å². The van der Waals surface area contributed by atoms with E-state index in [1.165, 1.54) is 4.90 Å². The van der Waals surface area contributed by atoms with Crippen LogP contribution in [-0.4, -0.2) is 34.9 Å². The molecule has 0 aromatic carbocycles. The van der Waals surface area contributed by atoms with E-state index in [2.05, 4.69) is 31.2 Å². The molecule has 1 N–H and O–H groups in total. The van der Waals surface area contributed by atoms with Crippen LogP contribution in [0.4, 0.5) is 11.6 Å². The van der Waals surface area contributed by atoms with E-state index in [0.717, 1.165) is 0 Å². The summed E-state index contributed by atoms with van der Waals surface area (Å²) in [6.07, 6.45) is 1.57. The molecule has 0 bridgehead atoms. The highest BCUT2D eigenvalue weighted by atomic mass is 79.9. The monoisotopic (exact) mass is 362 g/mol. The van der Waals surface area contributed by atoms with E-state index in [1.807, 2.05) is 0 Å². The average molecular weight is 363 g/mol. The highest BCUT2D eigenvalue weighted by Gasteiger charge is 2.29. The number of carbonyl (C=O) groups excluding carboxylic acids is 2. The number of ether oxygens (including phenoxy) is 1. The zero-order valence-corrected chi connectivity index (χ0v) is 12.9. The Labute approximate surface area is 134 Å². The summed E-state index contributed by atoms with van der Waals surface area (Å²) in [5.41, 5.74) is 0. The Kier molecular flexibility index (Phi) is 4.01. The van der Waals surface area contributed by atoms with E-state index in [-0.39, 0.29) is 25.0 Å². The zero-order chi connectivity index (χ0) is 15.5. The van der Waals surface area contributed by atoms with Crippen LogP contribution in [0.3, 0.4) is 0 Å². The van der Waals surface area contributed by atoms with Gasteiger partial charge < -0.3 is 10.1 Å². The van der Waals surface area contributed by atoms with Gasteiger partial charge in [0.15, 0.2) is 18.2 Å². The number of nitrogens with one attached hydrogen (secondary N) is 1. The van der Waals surface area contributed by atoms with Crippen molar-refractivity contribution in [3.8, 4) is 5.75 Å². The highest BCUT2D eigenvalue weighted by molar-refractivity contribution is 9.10. The third kappa shape index (κ3) is 3.06. The van der Waals surface area contributed by atoms with E-state index in [4.69, 9.17) is 4.74 Å². The second-order valence-electron chi connectivity index (χ2n) is 4.49. The van der Waals surface area contributed by atoms with Crippen molar-refractivity contribution < 1.29 is 14.3 Å². The van der Waals surface area contributed by atoms with E-state index in [9.17, 15) is 9.59 Å². The number of anilines is 2. The molecule has 0 atom stereocenters. The van der Waals surface area contributed by atoms with E-state index in [1.54, 1.807) is 36.5 Å². The molecule has 2 aromatic heterocycles. The third-order valence-electron chi connectivity index (χ3n) is 2.95. The molecule has 0 spiro atoms. The molecule has 0 saturated carbocycles. The number of rotatable bonds is 3. The molecule has 0 aliphatic carbocycles. The Morgan fingerprint density at radius 2 is 2.23 bits per heavy atom. The van der Waals surface area contributed by atoms with Gasteiger partial charge in [-0.1, -0.05) is 6.07 Å². The number of halogens is 1. The predicted octanol–water partition coefficient (Wildman–Crippen LogP) is 1.60. The molecule has 7 nitrogen and oxygen atoms in total. The second-order valence-corrected chi connectivity index (χ2v) is 5.30. The number of amides is 2. The van der Waals surface area contributed by atoms with Gasteiger partial charge in [-0.05, 0) is 40.2 Å². The van der Waals surface area contributed by atoms with E-state index >= 15 is 0 Å². The van der Waals surface area contributed by atoms with Crippen molar-refractivity contribution in [2.24, 2.45) is 0 Å². The summed E-state index contributed by atoms with van der Waals surface area (Å²) in [6.45, 7) is -0.275. The predicted molar refractivity (Wildman–Crippen MR) is 82.7 cm³/mol. The van der Waals surface area contributed by atoms with Gasteiger partial charge in [-0.15, -0.1) is 0 Å². The zero-order valence-electron chi connectivity index (χ0n) is 11.3. The Morgan fingerprint density at radius 3 is 3.00 bits per heavy atom. The van der Waals surface area contributed by atoms with Gasteiger partial charge in [-0.2, -0.15) is 0 Å². The maximum Gasteiger partial charge on any atom is 0.266 e. The highest BCUT2D eigenvalue weighted by Crippen LogP contribution is 2.31. The van der Waals surface area contributed by atoms with Crippen molar-refractivity contribution in [1.29, 1.82) is 0 Å². The molecule has 22 heavy (non-hydrogen) atoms. The first-order chi connectivity index (χ1) is 10.6. The summed E-state index contributed by atoms with van der Waals surface area (Å²) in [4.78, 5) is 33.6. The Hall–Kier alpha value is -2.48. The SMILES string of the molecule is O=C(CN1C(=O)COc2ccc(Br)nc21)Nc1ccccn1. The summed E-state index contributed by atoms with van der Waals surface area (Å²) in [5, 5.41) is 2.63. The van der Waals surface area contributed by atoms with Crippen molar-refractivity contribution in [1.82, 2.24) is 9.97 Å². The molecule has 0 fully saturated rings. The summed E-state index contributed by atoms with van der Waals surface area (Å²) in [7, 11) is 0. The largest absolute Gasteiger partial charge is 0.480 e. The topological polar surface area (TPSA) is 84.4 Å². The third-order valence-corrected chi connectivity index (χ3v) is 3.39. The lowest BCUT2D eigenvalue weighted by Crippen LogP contribution is -2.44. The molecule has 2 amide bonds. The molecule has 112 valence electrons. The molecule has 3 heterocycles. The summed E-state index contributed by atoms with van der Waals surface area (Å²) in [5.74, 6) is 0.529. The fourth-order valence-electron chi connectivity index (χ4n) is 1.98. The second kappa shape index (κ2) is 6.10. The molecule has 2 aromatic rings. The van der Waals surface area contributed by atoms with Gasteiger partial charge in [0.2, 0.25) is 5.91 Å². The average Bonchev–Trinajstić information content (AvgIpc) is 2.51. The molecular formula is C14H11BrN4O3. The van der Waals surface area contributed by atoms with Crippen LogP contribution in [0.2, 0.25) is 0 Å². The Balaban J connectivity index is 1.78. The van der Waals surface area contributed by atoms with Crippen LogP contribution >= 0.6 is 15.9 Å². The number of fused-ring (bicyclic) bond motifs is 1. The van der Waals surface area contributed by atoms with Crippen molar-refractivity contribution in [2.75, 3.05) is 23.4 Å². The van der Waals surface area contributed by atoms with Gasteiger partial charge in [0.05, 0.1) is 0 Å².